The van der Waals surface area contributed by atoms with E-state index in [1.54, 1.807) is 6.08 Å². The van der Waals surface area contributed by atoms with Crippen LogP contribution in [0, 0.1) is 5.92 Å². The summed E-state index contributed by atoms with van der Waals surface area (Å²) >= 11 is 0. The van der Waals surface area contributed by atoms with Crippen molar-refractivity contribution in [3.63, 3.8) is 0 Å². The normalized spacial score (nSPS) is 12.7. The molecule has 0 aromatic heterocycles. The molecule has 2 nitrogen and oxygen atoms in total. The van der Waals surface area contributed by atoms with Gasteiger partial charge in [-0.05, 0) is 31.8 Å². The zero-order chi connectivity index (χ0) is 13.6. The van der Waals surface area contributed by atoms with Crippen molar-refractivity contribution in [2.24, 2.45) is 5.92 Å². The molecule has 0 radical (unpaired) electrons. The Kier molecular flexibility index (Phi) is 10.9. The average Bonchev–Trinajstić information content (AvgIpc) is 2.34. The molecule has 0 saturated heterocycles. The Morgan fingerprint density at radius 1 is 1.06 bits per heavy atom. The van der Waals surface area contributed by atoms with E-state index in [-0.39, 0.29) is 5.91 Å². The maximum absolute atomic E-state index is 11.3. The molecule has 0 heterocycles. The molecule has 2 heteroatoms. The molecule has 0 bridgehead atoms. The fourth-order valence-corrected chi connectivity index (χ4v) is 1.16. The standard InChI is InChI=1S/C16H25NO/c1-4-5-6-7-8-9-10-11-12-13-16(18)17-14-15(2)3/h4-9,12-13,15H,10-11,14H2,1-3H3,(H,17,18)/b5-4+,7-6?,9-8?,13-12?. The highest BCUT2D eigenvalue weighted by Crippen LogP contribution is 1.94. The number of allylic oxidation sites excluding steroid dienone is 7. The quantitative estimate of drug-likeness (QED) is 0.395. The third-order valence-electron chi connectivity index (χ3n) is 2.12. The molecule has 0 aliphatic heterocycles. The minimum atomic E-state index is 0.000610. The Bertz CT molecular complexity index is 322. The van der Waals surface area contributed by atoms with Crippen molar-refractivity contribution in [3.05, 3.63) is 48.6 Å². The van der Waals surface area contributed by atoms with Crippen molar-refractivity contribution in [2.45, 2.75) is 33.6 Å². The predicted octanol–water partition coefficient (Wildman–Crippen LogP) is 3.78. The van der Waals surface area contributed by atoms with Crippen LogP contribution in [0.1, 0.15) is 33.6 Å². The highest BCUT2D eigenvalue weighted by atomic mass is 16.1. The Balaban J connectivity index is 3.61. The van der Waals surface area contributed by atoms with Crippen LogP contribution in [0.5, 0.6) is 0 Å². The second-order valence-electron chi connectivity index (χ2n) is 4.46. The van der Waals surface area contributed by atoms with Crippen LogP contribution in [0.15, 0.2) is 48.6 Å². The van der Waals surface area contributed by atoms with Gasteiger partial charge < -0.3 is 5.32 Å². The van der Waals surface area contributed by atoms with E-state index in [0.717, 1.165) is 19.4 Å². The molecule has 0 rings (SSSR count). The minimum absolute atomic E-state index is 0.000610. The summed E-state index contributed by atoms with van der Waals surface area (Å²) in [6, 6.07) is 0. The summed E-state index contributed by atoms with van der Waals surface area (Å²) in [6.07, 6.45) is 17.5. The van der Waals surface area contributed by atoms with Gasteiger partial charge in [0.15, 0.2) is 0 Å². The molecule has 1 amide bonds. The fraction of sp³-hybridized carbons (Fsp3) is 0.438. The van der Waals surface area contributed by atoms with Gasteiger partial charge >= 0.3 is 0 Å². The van der Waals surface area contributed by atoms with Gasteiger partial charge in [0.05, 0.1) is 0 Å². The summed E-state index contributed by atoms with van der Waals surface area (Å²) in [4.78, 5) is 11.3. The van der Waals surface area contributed by atoms with Crippen LogP contribution in [-0.4, -0.2) is 12.5 Å². The number of hydrogen-bond acceptors (Lipinski definition) is 1. The monoisotopic (exact) mass is 247 g/mol. The smallest absolute Gasteiger partial charge is 0.243 e. The van der Waals surface area contributed by atoms with Crippen LogP contribution in [0.25, 0.3) is 0 Å². The van der Waals surface area contributed by atoms with E-state index >= 15 is 0 Å². The largest absolute Gasteiger partial charge is 0.352 e. The topological polar surface area (TPSA) is 29.1 Å². The van der Waals surface area contributed by atoms with Crippen molar-refractivity contribution in [3.8, 4) is 0 Å². The van der Waals surface area contributed by atoms with Gasteiger partial charge in [-0.1, -0.05) is 56.4 Å². The van der Waals surface area contributed by atoms with Gasteiger partial charge in [-0.3, -0.25) is 4.79 Å². The molecule has 0 aromatic rings. The second-order valence-corrected chi connectivity index (χ2v) is 4.46. The minimum Gasteiger partial charge on any atom is -0.352 e. The molecule has 18 heavy (non-hydrogen) atoms. The van der Waals surface area contributed by atoms with Crippen molar-refractivity contribution in [1.29, 1.82) is 0 Å². The first kappa shape index (κ1) is 16.4. The maximum atomic E-state index is 11.3. The summed E-state index contributed by atoms with van der Waals surface area (Å²) < 4.78 is 0. The summed E-state index contributed by atoms with van der Waals surface area (Å²) in [5, 5.41) is 2.84. The van der Waals surface area contributed by atoms with Gasteiger partial charge in [-0.25, -0.2) is 0 Å². The van der Waals surface area contributed by atoms with Gasteiger partial charge in [0.1, 0.15) is 0 Å². The second kappa shape index (κ2) is 11.9. The van der Waals surface area contributed by atoms with Crippen molar-refractivity contribution in [2.75, 3.05) is 6.54 Å². The first-order valence-electron chi connectivity index (χ1n) is 6.55. The number of nitrogens with one attached hydrogen (secondary N) is 1. The first-order valence-corrected chi connectivity index (χ1v) is 6.55. The highest BCUT2D eigenvalue weighted by molar-refractivity contribution is 5.87. The van der Waals surface area contributed by atoms with Crippen LogP contribution < -0.4 is 5.32 Å². The lowest BCUT2D eigenvalue weighted by molar-refractivity contribution is -0.116. The summed E-state index contributed by atoms with van der Waals surface area (Å²) in [6.45, 7) is 6.88. The van der Waals surface area contributed by atoms with Crippen LogP contribution in [0.4, 0.5) is 0 Å². The Morgan fingerprint density at radius 2 is 1.72 bits per heavy atom. The Hall–Kier alpha value is -1.57. The SMILES string of the molecule is C/C=C/C=CC=CCCC=CC(=O)NCC(C)C. The lowest BCUT2D eigenvalue weighted by Gasteiger charge is -2.03. The number of rotatable bonds is 8. The van der Waals surface area contributed by atoms with E-state index in [0.29, 0.717) is 5.92 Å². The van der Waals surface area contributed by atoms with Gasteiger partial charge in [0.25, 0.3) is 0 Å². The van der Waals surface area contributed by atoms with Gasteiger partial charge in [0, 0.05) is 6.54 Å². The molecule has 0 aliphatic rings. The molecular formula is C16H25NO. The lowest BCUT2D eigenvalue weighted by atomic mass is 10.2. The van der Waals surface area contributed by atoms with Crippen LogP contribution >= 0.6 is 0 Å². The van der Waals surface area contributed by atoms with Crippen molar-refractivity contribution in [1.82, 2.24) is 5.32 Å². The molecule has 0 saturated carbocycles. The zero-order valence-electron chi connectivity index (χ0n) is 11.7. The van der Waals surface area contributed by atoms with Gasteiger partial charge in [-0.15, -0.1) is 0 Å². The molecule has 0 spiro atoms. The molecule has 100 valence electrons. The lowest BCUT2D eigenvalue weighted by Crippen LogP contribution is -2.25. The van der Waals surface area contributed by atoms with Crippen LogP contribution in [0.3, 0.4) is 0 Å². The number of carbonyl (C=O) groups is 1. The molecule has 0 atom stereocenters. The van der Waals surface area contributed by atoms with Crippen molar-refractivity contribution >= 4 is 5.91 Å². The van der Waals surface area contributed by atoms with Crippen LogP contribution in [0.2, 0.25) is 0 Å². The fourth-order valence-electron chi connectivity index (χ4n) is 1.16. The first-order chi connectivity index (χ1) is 8.66. The molecule has 0 unspecified atom stereocenters. The number of amides is 1. The number of carbonyl (C=O) groups excluding carboxylic acids is 1. The van der Waals surface area contributed by atoms with E-state index in [1.165, 1.54) is 0 Å². The number of unbranched alkanes of at least 4 members (excludes halogenated alkanes) is 1. The van der Waals surface area contributed by atoms with E-state index in [9.17, 15) is 4.79 Å². The Labute approximate surface area is 111 Å². The highest BCUT2D eigenvalue weighted by Gasteiger charge is 1.96. The predicted molar refractivity (Wildman–Crippen MR) is 79.3 cm³/mol. The Morgan fingerprint density at radius 3 is 2.39 bits per heavy atom. The molecular weight excluding hydrogens is 222 g/mol. The number of hydrogen-bond donors (Lipinski definition) is 1. The molecule has 0 aromatic carbocycles. The third kappa shape index (κ3) is 12.5. The van der Waals surface area contributed by atoms with E-state index in [1.807, 2.05) is 43.4 Å². The average molecular weight is 247 g/mol. The van der Waals surface area contributed by atoms with Crippen molar-refractivity contribution < 1.29 is 4.79 Å². The maximum Gasteiger partial charge on any atom is 0.243 e. The van der Waals surface area contributed by atoms with Gasteiger partial charge in [-0.2, -0.15) is 0 Å². The van der Waals surface area contributed by atoms with E-state index in [2.05, 4.69) is 25.2 Å². The van der Waals surface area contributed by atoms with E-state index < -0.39 is 0 Å². The molecule has 1 N–H and O–H groups in total. The van der Waals surface area contributed by atoms with E-state index in [4.69, 9.17) is 0 Å². The summed E-state index contributed by atoms with van der Waals surface area (Å²) in [5.41, 5.74) is 0. The summed E-state index contributed by atoms with van der Waals surface area (Å²) in [7, 11) is 0. The summed E-state index contributed by atoms with van der Waals surface area (Å²) in [5.74, 6) is 0.495. The zero-order valence-corrected chi connectivity index (χ0v) is 11.7. The molecule has 0 aliphatic carbocycles. The third-order valence-corrected chi connectivity index (χ3v) is 2.12. The molecule has 0 fully saturated rings. The van der Waals surface area contributed by atoms with Gasteiger partial charge in [0.2, 0.25) is 5.91 Å². The van der Waals surface area contributed by atoms with Crippen LogP contribution in [-0.2, 0) is 4.79 Å².